The third kappa shape index (κ3) is 3.20. The Morgan fingerprint density at radius 1 is 1.18 bits per heavy atom. The molecule has 2 aromatic carbocycles. The summed E-state index contributed by atoms with van der Waals surface area (Å²) in [7, 11) is 0. The number of nitrogens with one attached hydrogen (secondary N) is 1. The van der Waals surface area contributed by atoms with Crippen LogP contribution in [0.3, 0.4) is 0 Å². The molecule has 3 nitrogen and oxygen atoms in total. The molecular formula is C19H22N2O. The van der Waals surface area contributed by atoms with E-state index in [0.717, 1.165) is 30.5 Å². The van der Waals surface area contributed by atoms with Gasteiger partial charge >= 0.3 is 0 Å². The van der Waals surface area contributed by atoms with E-state index >= 15 is 0 Å². The van der Waals surface area contributed by atoms with Crippen LogP contribution >= 0.6 is 0 Å². The first-order valence-electron chi connectivity index (χ1n) is 7.86. The maximum absolute atomic E-state index is 11.5. The predicted octanol–water partition coefficient (Wildman–Crippen LogP) is 3.51. The Hall–Kier alpha value is -2.13. The van der Waals surface area contributed by atoms with Crippen molar-refractivity contribution in [2.75, 3.05) is 5.32 Å². The molecule has 1 aliphatic rings. The zero-order valence-corrected chi connectivity index (χ0v) is 12.9. The highest BCUT2D eigenvalue weighted by atomic mass is 16.1. The van der Waals surface area contributed by atoms with Gasteiger partial charge in [0.2, 0.25) is 5.91 Å². The number of hydrogen-bond donors (Lipinski definition) is 2. The summed E-state index contributed by atoms with van der Waals surface area (Å²) < 4.78 is 0. The minimum atomic E-state index is 0.0295. The van der Waals surface area contributed by atoms with Crippen LogP contribution in [0.2, 0.25) is 0 Å². The molecule has 114 valence electrons. The molecule has 3 heteroatoms. The number of rotatable bonds is 4. The van der Waals surface area contributed by atoms with E-state index in [2.05, 4.69) is 41.7 Å². The van der Waals surface area contributed by atoms with Gasteiger partial charge in [-0.1, -0.05) is 42.5 Å². The normalized spacial score (nSPS) is 15.1. The molecule has 2 aromatic rings. The Morgan fingerprint density at radius 3 is 2.73 bits per heavy atom. The van der Waals surface area contributed by atoms with Gasteiger partial charge in [-0.25, -0.2) is 0 Å². The molecule has 1 aliphatic heterocycles. The molecule has 0 saturated heterocycles. The lowest BCUT2D eigenvalue weighted by atomic mass is 9.92. The quantitative estimate of drug-likeness (QED) is 0.906. The van der Waals surface area contributed by atoms with Crippen LogP contribution in [0.15, 0.2) is 42.5 Å². The molecule has 1 heterocycles. The fourth-order valence-corrected chi connectivity index (χ4v) is 3.06. The molecule has 0 spiro atoms. The smallest absolute Gasteiger partial charge is 0.224 e. The number of fused-ring (bicyclic) bond motifs is 1. The van der Waals surface area contributed by atoms with Crippen molar-refractivity contribution in [1.29, 1.82) is 0 Å². The molecule has 0 aromatic heterocycles. The monoisotopic (exact) mass is 294 g/mol. The molecule has 22 heavy (non-hydrogen) atoms. The van der Waals surface area contributed by atoms with Crippen LogP contribution in [0.1, 0.15) is 41.1 Å². The van der Waals surface area contributed by atoms with E-state index in [1.165, 1.54) is 16.7 Å². The van der Waals surface area contributed by atoms with Crippen molar-refractivity contribution in [3.8, 4) is 0 Å². The van der Waals surface area contributed by atoms with Crippen molar-refractivity contribution < 1.29 is 4.79 Å². The predicted molar refractivity (Wildman–Crippen MR) is 89.8 cm³/mol. The minimum Gasteiger partial charge on any atom is -0.326 e. The lowest BCUT2D eigenvalue weighted by Crippen LogP contribution is -2.21. The van der Waals surface area contributed by atoms with Gasteiger partial charge in [0.25, 0.3) is 0 Å². The standard InChI is InChI=1S/C19H22N2O/c1-13-11-16(12-15-8-10-18(22)21-19(13)15)17(20)9-7-14-5-3-2-4-6-14/h2-6,11-12,17H,7-10,20H2,1H3,(H,21,22). The van der Waals surface area contributed by atoms with Gasteiger partial charge in [-0.2, -0.15) is 0 Å². The minimum absolute atomic E-state index is 0.0295. The Bertz CT molecular complexity index is 679. The number of carbonyl (C=O) groups excluding carboxylic acids is 1. The van der Waals surface area contributed by atoms with Gasteiger partial charge in [0.05, 0.1) is 0 Å². The van der Waals surface area contributed by atoms with E-state index in [1.807, 2.05) is 13.0 Å². The van der Waals surface area contributed by atoms with Crippen LogP contribution in [0, 0.1) is 6.92 Å². The van der Waals surface area contributed by atoms with Crippen LogP contribution in [0.4, 0.5) is 5.69 Å². The fraction of sp³-hybridized carbons (Fsp3) is 0.316. The largest absolute Gasteiger partial charge is 0.326 e. The first-order chi connectivity index (χ1) is 10.6. The van der Waals surface area contributed by atoms with E-state index < -0.39 is 0 Å². The van der Waals surface area contributed by atoms with Crippen LogP contribution in [0.5, 0.6) is 0 Å². The van der Waals surface area contributed by atoms with Gasteiger partial charge in [-0.05, 0) is 48.4 Å². The van der Waals surface area contributed by atoms with Gasteiger partial charge < -0.3 is 11.1 Å². The van der Waals surface area contributed by atoms with Crippen molar-refractivity contribution in [2.24, 2.45) is 5.73 Å². The molecule has 0 fully saturated rings. The van der Waals surface area contributed by atoms with E-state index in [4.69, 9.17) is 5.73 Å². The average molecular weight is 294 g/mol. The zero-order valence-electron chi connectivity index (χ0n) is 12.9. The lowest BCUT2D eigenvalue weighted by Gasteiger charge is -2.22. The van der Waals surface area contributed by atoms with Crippen molar-refractivity contribution in [3.63, 3.8) is 0 Å². The second-order valence-electron chi connectivity index (χ2n) is 6.05. The third-order valence-electron chi connectivity index (χ3n) is 4.34. The Kier molecular flexibility index (Phi) is 4.25. The number of hydrogen-bond acceptors (Lipinski definition) is 2. The number of amides is 1. The zero-order chi connectivity index (χ0) is 15.5. The molecule has 1 unspecified atom stereocenters. The van der Waals surface area contributed by atoms with E-state index in [1.54, 1.807) is 0 Å². The molecule has 1 atom stereocenters. The number of carbonyl (C=O) groups is 1. The Morgan fingerprint density at radius 2 is 1.95 bits per heavy atom. The topological polar surface area (TPSA) is 55.1 Å². The van der Waals surface area contributed by atoms with Gasteiger partial charge in [0.1, 0.15) is 0 Å². The second-order valence-corrected chi connectivity index (χ2v) is 6.05. The van der Waals surface area contributed by atoms with Gasteiger partial charge in [-0.3, -0.25) is 4.79 Å². The maximum atomic E-state index is 11.5. The molecule has 1 amide bonds. The SMILES string of the molecule is Cc1cc(C(N)CCc2ccccc2)cc2c1NC(=O)CC2. The summed E-state index contributed by atoms with van der Waals surface area (Å²) in [6.07, 6.45) is 3.28. The molecule has 0 aliphatic carbocycles. The van der Waals surface area contributed by atoms with Crippen LogP contribution < -0.4 is 11.1 Å². The van der Waals surface area contributed by atoms with Gasteiger partial charge in [0, 0.05) is 18.2 Å². The Balaban J connectivity index is 1.74. The molecule has 3 N–H and O–H groups in total. The first kappa shape index (κ1) is 14.8. The van der Waals surface area contributed by atoms with Gasteiger partial charge in [0.15, 0.2) is 0 Å². The van der Waals surface area contributed by atoms with E-state index in [0.29, 0.717) is 6.42 Å². The summed E-state index contributed by atoms with van der Waals surface area (Å²) in [6, 6.07) is 14.7. The summed E-state index contributed by atoms with van der Waals surface area (Å²) in [4.78, 5) is 11.5. The number of nitrogens with two attached hydrogens (primary N) is 1. The lowest BCUT2D eigenvalue weighted by molar-refractivity contribution is -0.116. The fourth-order valence-electron chi connectivity index (χ4n) is 3.06. The number of benzene rings is 2. The molecule has 0 bridgehead atoms. The first-order valence-corrected chi connectivity index (χ1v) is 7.86. The van der Waals surface area contributed by atoms with Crippen molar-refractivity contribution >= 4 is 11.6 Å². The highest BCUT2D eigenvalue weighted by Gasteiger charge is 2.19. The highest BCUT2D eigenvalue weighted by Crippen LogP contribution is 2.30. The van der Waals surface area contributed by atoms with Crippen molar-refractivity contribution in [2.45, 2.75) is 38.6 Å². The number of anilines is 1. The molecule has 3 rings (SSSR count). The second kappa shape index (κ2) is 6.32. The summed E-state index contributed by atoms with van der Waals surface area (Å²) in [5.74, 6) is 0.108. The summed E-state index contributed by atoms with van der Waals surface area (Å²) in [6.45, 7) is 2.04. The van der Waals surface area contributed by atoms with Gasteiger partial charge in [-0.15, -0.1) is 0 Å². The maximum Gasteiger partial charge on any atom is 0.224 e. The van der Waals surface area contributed by atoms with E-state index in [-0.39, 0.29) is 11.9 Å². The molecular weight excluding hydrogens is 272 g/mol. The van der Waals surface area contributed by atoms with E-state index in [9.17, 15) is 4.79 Å². The average Bonchev–Trinajstić information content (AvgIpc) is 2.54. The van der Waals surface area contributed by atoms with Crippen molar-refractivity contribution in [1.82, 2.24) is 0 Å². The van der Waals surface area contributed by atoms with Crippen molar-refractivity contribution in [3.05, 3.63) is 64.7 Å². The molecule has 0 radical (unpaired) electrons. The highest BCUT2D eigenvalue weighted by molar-refractivity contribution is 5.94. The summed E-state index contributed by atoms with van der Waals surface area (Å²) in [5.41, 5.74) is 12.2. The van der Waals surface area contributed by atoms with Crippen LogP contribution in [-0.4, -0.2) is 5.91 Å². The summed E-state index contributed by atoms with van der Waals surface area (Å²) >= 11 is 0. The Labute approximate surface area is 131 Å². The molecule has 0 saturated carbocycles. The van der Waals surface area contributed by atoms with Crippen LogP contribution in [-0.2, 0) is 17.6 Å². The number of aryl methyl sites for hydroxylation is 3. The summed E-state index contributed by atoms with van der Waals surface area (Å²) in [5, 5.41) is 2.97. The van der Waals surface area contributed by atoms with Crippen LogP contribution in [0.25, 0.3) is 0 Å². The third-order valence-corrected chi connectivity index (χ3v) is 4.34.